The van der Waals surface area contributed by atoms with E-state index in [4.69, 9.17) is 11.6 Å². The summed E-state index contributed by atoms with van der Waals surface area (Å²) in [5.74, 6) is -0.533. The minimum absolute atomic E-state index is 0.149. The highest BCUT2D eigenvalue weighted by molar-refractivity contribution is 6.31. The molecule has 9 nitrogen and oxygen atoms in total. The van der Waals surface area contributed by atoms with Crippen LogP contribution in [0.5, 0.6) is 0 Å². The number of carbonyl (C=O) groups is 1. The van der Waals surface area contributed by atoms with E-state index in [1.54, 1.807) is 23.7 Å². The third kappa shape index (κ3) is 4.34. The van der Waals surface area contributed by atoms with Gasteiger partial charge in [-0.2, -0.15) is 10.2 Å². The molecule has 146 valence electrons. The lowest BCUT2D eigenvalue weighted by Crippen LogP contribution is -2.19. The first-order valence-corrected chi connectivity index (χ1v) is 8.57. The number of nitrogens with zero attached hydrogens (tertiary/aromatic N) is 5. The summed E-state index contributed by atoms with van der Waals surface area (Å²) in [6.07, 6.45) is 1.20. The van der Waals surface area contributed by atoms with E-state index in [2.05, 4.69) is 15.5 Å². The quantitative estimate of drug-likeness (QED) is 0.500. The van der Waals surface area contributed by atoms with E-state index in [1.165, 1.54) is 29.9 Å². The van der Waals surface area contributed by atoms with Gasteiger partial charge in [-0.05, 0) is 31.5 Å². The number of aromatic nitrogens is 4. The Hall–Kier alpha value is -3.27. The number of carbonyl (C=O) groups excluding carboxylic acids is 1. The summed E-state index contributed by atoms with van der Waals surface area (Å²) >= 11 is 6.04. The maximum absolute atomic E-state index is 13.2. The second-order valence-electron chi connectivity index (χ2n) is 6.17. The first-order chi connectivity index (χ1) is 13.2. The molecule has 1 aromatic carbocycles. The number of nitro groups is 1. The molecule has 0 saturated heterocycles. The van der Waals surface area contributed by atoms with Gasteiger partial charge in [-0.15, -0.1) is 0 Å². The summed E-state index contributed by atoms with van der Waals surface area (Å²) < 4.78 is 16.0. The van der Waals surface area contributed by atoms with Crippen molar-refractivity contribution < 1.29 is 14.1 Å². The summed E-state index contributed by atoms with van der Waals surface area (Å²) in [6.45, 7) is 3.42. The molecule has 1 amide bonds. The number of benzene rings is 1. The number of amides is 1. The topological polar surface area (TPSA) is 108 Å². The number of hydrogen-bond acceptors (Lipinski definition) is 5. The lowest BCUT2D eigenvalue weighted by Gasteiger charge is -2.07. The average molecular weight is 407 g/mol. The molecule has 0 fully saturated rings. The Morgan fingerprint density at radius 2 is 2.07 bits per heavy atom. The zero-order chi connectivity index (χ0) is 20.4. The van der Waals surface area contributed by atoms with Crippen molar-refractivity contribution in [2.45, 2.75) is 26.9 Å². The fourth-order valence-electron chi connectivity index (χ4n) is 2.64. The molecule has 0 saturated carbocycles. The molecular formula is C17H16ClFN6O3. The zero-order valence-corrected chi connectivity index (χ0v) is 15.8. The van der Waals surface area contributed by atoms with Gasteiger partial charge in [-0.25, -0.2) is 4.39 Å². The molecule has 0 unspecified atom stereocenters. The van der Waals surface area contributed by atoms with E-state index in [1.807, 2.05) is 0 Å². The number of anilines is 1. The molecule has 28 heavy (non-hydrogen) atoms. The third-order valence-electron chi connectivity index (χ3n) is 4.01. The SMILES string of the molecule is Cc1nn(CC(=O)Nc2cc(C)n(Cc3ccc(F)cc3Cl)n2)cc1[N+](=O)[O-]. The van der Waals surface area contributed by atoms with Crippen LogP contribution in [0.25, 0.3) is 0 Å². The Labute approximate surface area is 163 Å². The van der Waals surface area contributed by atoms with Crippen LogP contribution in [0.3, 0.4) is 0 Å². The van der Waals surface area contributed by atoms with Crippen molar-refractivity contribution in [1.82, 2.24) is 19.6 Å². The highest BCUT2D eigenvalue weighted by Gasteiger charge is 2.17. The largest absolute Gasteiger partial charge is 0.309 e. The van der Waals surface area contributed by atoms with Gasteiger partial charge in [-0.1, -0.05) is 17.7 Å². The molecule has 2 aromatic heterocycles. The van der Waals surface area contributed by atoms with Crippen molar-refractivity contribution >= 4 is 29.0 Å². The summed E-state index contributed by atoms with van der Waals surface area (Å²) in [5, 5.41) is 22.0. The maximum atomic E-state index is 13.2. The van der Waals surface area contributed by atoms with Gasteiger partial charge in [-0.3, -0.25) is 24.3 Å². The van der Waals surface area contributed by atoms with Crippen LogP contribution in [0, 0.1) is 29.8 Å². The van der Waals surface area contributed by atoms with Crippen LogP contribution in [0.2, 0.25) is 5.02 Å². The van der Waals surface area contributed by atoms with Gasteiger partial charge >= 0.3 is 5.69 Å². The molecule has 0 spiro atoms. The molecule has 0 aliphatic rings. The Morgan fingerprint density at radius 1 is 1.32 bits per heavy atom. The van der Waals surface area contributed by atoms with Crippen molar-refractivity contribution in [3.05, 3.63) is 68.4 Å². The summed E-state index contributed by atoms with van der Waals surface area (Å²) in [4.78, 5) is 22.5. The van der Waals surface area contributed by atoms with Gasteiger partial charge < -0.3 is 5.32 Å². The average Bonchev–Trinajstić information content (AvgIpc) is 3.12. The van der Waals surface area contributed by atoms with Gasteiger partial charge in [0, 0.05) is 16.8 Å². The fraction of sp³-hybridized carbons (Fsp3) is 0.235. The molecular weight excluding hydrogens is 391 g/mol. The molecule has 0 atom stereocenters. The molecule has 2 heterocycles. The Bertz CT molecular complexity index is 1060. The number of halogens is 2. The van der Waals surface area contributed by atoms with Gasteiger partial charge in [0.25, 0.3) is 0 Å². The van der Waals surface area contributed by atoms with E-state index in [0.29, 0.717) is 17.9 Å². The van der Waals surface area contributed by atoms with Crippen LogP contribution in [0.4, 0.5) is 15.9 Å². The number of rotatable bonds is 6. The van der Waals surface area contributed by atoms with Crippen molar-refractivity contribution in [1.29, 1.82) is 0 Å². The molecule has 0 bridgehead atoms. The standard InChI is InChI=1S/C17H16ClFN6O3/c1-10-5-16(22-24(10)7-12-3-4-13(19)6-14(12)18)20-17(26)9-23-8-15(25(27)28)11(2)21-23/h3-6,8H,7,9H2,1-2H3,(H,20,22,26). The molecule has 0 radical (unpaired) electrons. The molecule has 0 aliphatic heterocycles. The van der Waals surface area contributed by atoms with Gasteiger partial charge in [0.15, 0.2) is 5.82 Å². The second-order valence-corrected chi connectivity index (χ2v) is 6.57. The molecule has 0 aliphatic carbocycles. The maximum Gasteiger partial charge on any atom is 0.309 e. The normalized spacial score (nSPS) is 10.9. The monoisotopic (exact) mass is 406 g/mol. The van der Waals surface area contributed by atoms with Gasteiger partial charge in [0.05, 0.1) is 11.5 Å². The Kier molecular flexibility index (Phi) is 5.41. The van der Waals surface area contributed by atoms with E-state index >= 15 is 0 Å². The van der Waals surface area contributed by atoms with Crippen LogP contribution >= 0.6 is 11.6 Å². The van der Waals surface area contributed by atoms with Gasteiger partial charge in [0.2, 0.25) is 5.91 Å². The van der Waals surface area contributed by atoms with E-state index in [0.717, 1.165) is 5.69 Å². The van der Waals surface area contributed by atoms with Crippen LogP contribution in [-0.2, 0) is 17.9 Å². The molecule has 11 heteroatoms. The minimum atomic E-state index is -0.553. The second kappa shape index (κ2) is 7.77. The zero-order valence-electron chi connectivity index (χ0n) is 15.0. The highest BCUT2D eigenvalue weighted by Crippen LogP contribution is 2.20. The molecule has 3 rings (SSSR count). The third-order valence-corrected chi connectivity index (χ3v) is 4.36. The van der Waals surface area contributed by atoms with E-state index in [9.17, 15) is 19.3 Å². The van der Waals surface area contributed by atoms with Crippen molar-refractivity contribution in [2.24, 2.45) is 0 Å². The first kappa shape index (κ1) is 19.5. The summed E-state index contributed by atoms with van der Waals surface area (Å²) in [7, 11) is 0. The molecule has 1 N–H and O–H groups in total. The van der Waals surface area contributed by atoms with Crippen molar-refractivity contribution in [2.75, 3.05) is 5.32 Å². The number of aryl methyl sites for hydroxylation is 2. The van der Waals surface area contributed by atoms with Crippen LogP contribution in [0.1, 0.15) is 17.0 Å². The smallest absolute Gasteiger partial charge is 0.308 e. The fourth-order valence-corrected chi connectivity index (χ4v) is 2.87. The van der Waals surface area contributed by atoms with Crippen LogP contribution in [0.15, 0.2) is 30.5 Å². The van der Waals surface area contributed by atoms with Crippen molar-refractivity contribution in [3.63, 3.8) is 0 Å². The Balaban J connectivity index is 1.68. The summed E-state index contributed by atoms with van der Waals surface area (Å²) in [6, 6.07) is 5.79. The minimum Gasteiger partial charge on any atom is -0.308 e. The van der Waals surface area contributed by atoms with E-state index in [-0.39, 0.29) is 22.9 Å². The van der Waals surface area contributed by atoms with Crippen LogP contribution < -0.4 is 5.32 Å². The van der Waals surface area contributed by atoms with Gasteiger partial charge in [0.1, 0.15) is 24.3 Å². The van der Waals surface area contributed by atoms with Crippen LogP contribution in [-0.4, -0.2) is 30.4 Å². The van der Waals surface area contributed by atoms with Crippen molar-refractivity contribution in [3.8, 4) is 0 Å². The van der Waals surface area contributed by atoms with E-state index < -0.39 is 16.6 Å². The lowest BCUT2D eigenvalue weighted by molar-refractivity contribution is -0.385. The lowest BCUT2D eigenvalue weighted by atomic mass is 10.2. The highest BCUT2D eigenvalue weighted by atomic mass is 35.5. The molecule has 3 aromatic rings. The number of hydrogen-bond donors (Lipinski definition) is 1. The predicted octanol–water partition coefficient (Wildman–Crippen LogP) is 3.08. The Morgan fingerprint density at radius 3 is 2.71 bits per heavy atom. The predicted molar refractivity (Wildman–Crippen MR) is 99.7 cm³/mol. The first-order valence-electron chi connectivity index (χ1n) is 8.19. The summed E-state index contributed by atoms with van der Waals surface area (Å²) in [5.41, 5.74) is 1.53. The number of nitrogens with one attached hydrogen (secondary N) is 1.